The van der Waals surface area contributed by atoms with E-state index in [4.69, 9.17) is 5.11 Å². The third-order valence-electron chi connectivity index (χ3n) is 2.83. The van der Waals surface area contributed by atoms with Crippen LogP contribution in [0.15, 0.2) is 28.7 Å². The molecule has 0 aliphatic carbocycles. The Morgan fingerprint density at radius 1 is 1.50 bits per heavy atom. The molecule has 110 valence electrons. The van der Waals surface area contributed by atoms with Crippen LogP contribution in [0.2, 0.25) is 0 Å². The van der Waals surface area contributed by atoms with Gasteiger partial charge in [0.1, 0.15) is 5.82 Å². The Balaban J connectivity index is 2.81. The summed E-state index contributed by atoms with van der Waals surface area (Å²) in [4.78, 5) is 13.7. The summed E-state index contributed by atoms with van der Waals surface area (Å²) in [6.45, 7) is 4.34. The van der Waals surface area contributed by atoms with Crippen molar-refractivity contribution in [2.45, 2.75) is 26.3 Å². The van der Waals surface area contributed by atoms with E-state index < -0.39 is 0 Å². The summed E-state index contributed by atoms with van der Waals surface area (Å²) in [5.74, 6) is -0.559. The van der Waals surface area contributed by atoms with E-state index >= 15 is 0 Å². The second kappa shape index (κ2) is 8.17. The number of hydrogen-bond acceptors (Lipinski definition) is 2. The quantitative estimate of drug-likeness (QED) is 0.805. The van der Waals surface area contributed by atoms with Crippen LogP contribution in [0.1, 0.15) is 25.8 Å². The molecule has 20 heavy (non-hydrogen) atoms. The highest BCUT2D eigenvalue weighted by atomic mass is 79.9. The highest BCUT2D eigenvalue weighted by Gasteiger charge is 2.13. The third kappa shape index (κ3) is 5.06. The van der Waals surface area contributed by atoms with Crippen molar-refractivity contribution in [2.75, 3.05) is 13.2 Å². The molecule has 1 amide bonds. The molecule has 1 aromatic rings. The van der Waals surface area contributed by atoms with Crippen molar-refractivity contribution in [3.63, 3.8) is 0 Å². The highest BCUT2D eigenvalue weighted by molar-refractivity contribution is 9.10. The lowest BCUT2D eigenvalue weighted by Gasteiger charge is -2.25. The fraction of sp³-hybridized carbons (Fsp3) is 0.400. The average molecular weight is 344 g/mol. The van der Waals surface area contributed by atoms with Crippen LogP contribution in [-0.4, -0.2) is 35.1 Å². The maximum absolute atomic E-state index is 13.6. The minimum Gasteiger partial charge on any atom is -0.396 e. The van der Waals surface area contributed by atoms with Crippen molar-refractivity contribution < 1.29 is 14.3 Å². The second-order valence-electron chi connectivity index (χ2n) is 4.70. The molecule has 1 aromatic carbocycles. The molecule has 0 fully saturated rings. The number of amides is 1. The number of carbonyl (C=O) groups is 1. The largest absolute Gasteiger partial charge is 0.396 e. The molecule has 0 unspecified atom stereocenters. The predicted octanol–water partition coefficient (Wildman–Crippen LogP) is 3.22. The summed E-state index contributed by atoms with van der Waals surface area (Å²) in [6, 6.07) is 4.61. The van der Waals surface area contributed by atoms with Gasteiger partial charge in [-0.1, -0.05) is 15.9 Å². The summed E-state index contributed by atoms with van der Waals surface area (Å²) < 4.78 is 14.3. The van der Waals surface area contributed by atoms with Crippen molar-refractivity contribution in [1.29, 1.82) is 0 Å². The minimum absolute atomic E-state index is 0.0334. The van der Waals surface area contributed by atoms with Gasteiger partial charge in [0.05, 0.1) is 0 Å². The van der Waals surface area contributed by atoms with Crippen LogP contribution < -0.4 is 0 Å². The number of hydrogen-bond donors (Lipinski definition) is 1. The van der Waals surface area contributed by atoms with E-state index in [0.717, 1.165) is 4.47 Å². The van der Waals surface area contributed by atoms with Gasteiger partial charge in [0, 0.05) is 35.3 Å². The number of aliphatic hydroxyl groups excluding tert-OH is 1. The molecule has 0 heterocycles. The van der Waals surface area contributed by atoms with E-state index in [1.54, 1.807) is 17.0 Å². The first-order chi connectivity index (χ1) is 9.45. The number of halogens is 2. The maximum Gasteiger partial charge on any atom is 0.246 e. The molecule has 0 aliphatic rings. The minimum atomic E-state index is -0.372. The summed E-state index contributed by atoms with van der Waals surface area (Å²) in [7, 11) is 0. The van der Waals surface area contributed by atoms with E-state index in [1.165, 1.54) is 18.2 Å². The molecule has 0 saturated carbocycles. The molecule has 5 heteroatoms. The van der Waals surface area contributed by atoms with Crippen molar-refractivity contribution in [3.8, 4) is 0 Å². The maximum atomic E-state index is 13.6. The Morgan fingerprint density at radius 2 is 2.20 bits per heavy atom. The van der Waals surface area contributed by atoms with Gasteiger partial charge in [-0.25, -0.2) is 4.39 Å². The van der Waals surface area contributed by atoms with Gasteiger partial charge in [-0.3, -0.25) is 4.79 Å². The van der Waals surface area contributed by atoms with E-state index in [2.05, 4.69) is 15.9 Å². The van der Waals surface area contributed by atoms with Crippen LogP contribution in [0.4, 0.5) is 4.39 Å². The summed E-state index contributed by atoms with van der Waals surface area (Å²) in [6.07, 6.45) is 3.36. The van der Waals surface area contributed by atoms with Gasteiger partial charge in [0.15, 0.2) is 0 Å². The summed E-state index contributed by atoms with van der Waals surface area (Å²) >= 11 is 3.27. The zero-order valence-corrected chi connectivity index (χ0v) is 13.2. The number of aliphatic hydroxyl groups is 1. The Bertz CT molecular complexity index is 489. The molecule has 0 saturated heterocycles. The molecule has 0 atom stereocenters. The van der Waals surface area contributed by atoms with Crippen LogP contribution in [0.25, 0.3) is 6.08 Å². The second-order valence-corrected chi connectivity index (χ2v) is 5.62. The molecular formula is C15H19BrFNO2. The highest BCUT2D eigenvalue weighted by Crippen LogP contribution is 2.17. The van der Waals surface area contributed by atoms with Gasteiger partial charge in [-0.2, -0.15) is 0 Å². The summed E-state index contributed by atoms with van der Waals surface area (Å²) in [5.41, 5.74) is 0.360. The zero-order valence-electron chi connectivity index (χ0n) is 11.6. The number of rotatable bonds is 6. The molecule has 0 aliphatic heterocycles. The average Bonchev–Trinajstić information content (AvgIpc) is 2.40. The first kappa shape index (κ1) is 16.9. The van der Waals surface area contributed by atoms with Gasteiger partial charge in [0.25, 0.3) is 0 Å². The van der Waals surface area contributed by atoms with E-state index in [9.17, 15) is 9.18 Å². The molecular weight excluding hydrogens is 325 g/mol. The topological polar surface area (TPSA) is 40.5 Å². The van der Waals surface area contributed by atoms with Gasteiger partial charge in [-0.05, 0) is 44.5 Å². The lowest BCUT2D eigenvalue weighted by molar-refractivity contribution is -0.127. The Kier molecular flexibility index (Phi) is 6.88. The van der Waals surface area contributed by atoms with Gasteiger partial charge < -0.3 is 10.0 Å². The molecule has 0 radical (unpaired) electrons. The molecule has 1 rings (SSSR count). The van der Waals surface area contributed by atoms with Crippen LogP contribution >= 0.6 is 15.9 Å². The standard InChI is InChI=1S/C15H19BrFNO2/c1-11(2)18(8-3-9-19)15(20)7-4-12-10-13(16)5-6-14(12)17/h4-7,10-11,19H,3,8-9H2,1-2H3/b7-4+. The fourth-order valence-electron chi connectivity index (χ4n) is 1.76. The Morgan fingerprint density at radius 3 is 2.80 bits per heavy atom. The predicted molar refractivity (Wildman–Crippen MR) is 81.7 cm³/mol. The zero-order chi connectivity index (χ0) is 15.1. The molecule has 0 aromatic heterocycles. The number of nitrogens with zero attached hydrogens (tertiary/aromatic N) is 1. The first-order valence-corrected chi connectivity index (χ1v) is 7.29. The van der Waals surface area contributed by atoms with Crippen LogP contribution in [0.5, 0.6) is 0 Å². The van der Waals surface area contributed by atoms with Crippen molar-refractivity contribution in [1.82, 2.24) is 4.90 Å². The van der Waals surface area contributed by atoms with E-state index in [1.807, 2.05) is 13.8 Å². The van der Waals surface area contributed by atoms with Gasteiger partial charge >= 0.3 is 0 Å². The van der Waals surface area contributed by atoms with Crippen LogP contribution in [0.3, 0.4) is 0 Å². The summed E-state index contributed by atoms with van der Waals surface area (Å²) in [5, 5.41) is 8.84. The third-order valence-corrected chi connectivity index (χ3v) is 3.32. The SMILES string of the molecule is CC(C)N(CCCO)C(=O)/C=C/c1cc(Br)ccc1F. The van der Waals surface area contributed by atoms with Crippen LogP contribution in [0, 0.1) is 5.82 Å². The van der Waals surface area contributed by atoms with E-state index in [0.29, 0.717) is 18.5 Å². The lowest BCUT2D eigenvalue weighted by Crippen LogP contribution is -2.36. The fourth-order valence-corrected chi connectivity index (χ4v) is 2.14. The molecule has 0 bridgehead atoms. The molecule has 3 nitrogen and oxygen atoms in total. The smallest absolute Gasteiger partial charge is 0.246 e. The molecule has 1 N–H and O–H groups in total. The van der Waals surface area contributed by atoms with Crippen molar-refractivity contribution in [3.05, 3.63) is 40.1 Å². The van der Waals surface area contributed by atoms with Crippen LogP contribution in [-0.2, 0) is 4.79 Å². The van der Waals surface area contributed by atoms with Crippen molar-refractivity contribution in [2.24, 2.45) is 0 Å². The molecule has 0 spiro atoms. The van der Waals surface area contributed by atoms with Gasteiger partial charge in [0.2, 0.25) is 5.91 Å². The first-order valence-electron chi connectivity index (χ1n) is 6.50. The number of benzene rings is 1. The van der Waals surface area contributed by atoms with Crippen molar-refractivity contribution >= 4 is 27.9 Å². The van der Waals surface area contributed by atoms with E-state index in [-0.39, 0.29) is 24.4 Å². The van der Waals surface area contributed by atoms with Gasteiger partial charge in [-0.15, -0.1) is 0 Å². The monoisotopic (exact) mass is 343 g/mol. The Labute approximate surface area is 127 Å². The lowest BCUT2D eigenvalue weighted by atomic mass is 10.2. The Hall–Kier alpha value is -1.20. The number of carbonyl (C=O) groups excluding carboxylic acids is 1. The normalized spacial score (nSPS) is 11.3.